The number of sulfonamides is 1. The van der Waals surface area contributed by atoms with Gasteiger partial charge in [0, 0.05) is 13.1 Å². The number of rotatable bonds is 6. The van der Waals surface area contributed by atoms with Gasteiger partial charge in [-0.2, -0.15) is 4.31 Å². The van der Waals surface area contributed by atoms with Gasteiger partial charge in [-0.3, -0.25) is 9.59 Å². The number of benzene rings is 1. The number of allylic oxidation sites excluding steroid dienone is 2. The summed E-state index contributed by atoms with van der Waals surface area (Å²) in [5, 5.41) is 2.60. The van der Waals surface area contributed by atoms with Crippen LogP contribution in [0.5, 0.6) is 0 Å². The molecule has 4 rings (SSSR count). The first-order valence-electron chi connectivity index (χ1n) is 10.2. The lowest BCUT2D eigenvalue weighted by molar-refractivity contribution is -0.152. The summed E-state index contributed by atoms with van der Waals surface area (Å²) >= 11 is 0. The standard InChI is InChI=1S/C21H26N2O6S/c1-14-2-5-18(19(10-14)30(26,27)23-6-8-28-9-7-23)22-20(24)13-29-21(25)17-12-15-3-4-16(17)11-15/h2-5,10,15-17H,6-9,11-13H2,1H3,(H,22,24). The first kappa shape index (κ1) is 21.0. The highest BCUT2D eigenvalue weighted by Crippen LogP contribution is 2.43. The van der Waals surface area contributed by atoms with E-state index in [-0.39, 0.29) is 41.5 Å². The summed E-state index contributed by atoms with van der Waals surface area (Å²) in [5.74, 6) is -0.490. The lowest BCUT2D eigenvalue weighted by Gasteiger charge is -2.27. The molecule has 30 heavy (non-hydrogen) atoms. The van der Waals surface area contributed by atoms with E-state index < -0.39 is 22.5 Å². The molecular weight excluding hydrogens is 408 g/mol. The van der Waals surface area contributed by atoms with Crippen LogP contribution in [-0.2, 0) is 29.1 Å². The van der Waals surface area contributed by atoms with Crippen LogP contribution in [-0.4, -0.2) is 57.5 Å². The maximum atomic E-state index is 13.1. The van der Waals surface area contributed by atoms with E-state index >= 15 is 0 Å². The topological polar surface area (TPSA) is 102 Å². The molecule has 1 saturated heterocycles. The number of ether oxygens (including phenoxy) is 2. The fourth-order valence-corrected chi connectivity index (χ4v) is 5.99. The molecule has 2 fully saturated rings. The molecule has 8 nitrogen and oxygen atoms in total. The first-order chi connectivity index (χ1) is 14.3. The van der Waals surface area contributed by atoms with E-state index in [9.17, 15) is 18.0 Å². The molecule has 1 aliphatic heterocycles. The highest BCUT2D eigenvalue weighted by molar-refractivity contribution is 7.89. The van der Waals surface area contributed by atoms with Crippen LogP contribution >= 0.6 is 0 Å². The van der Waals surface area contributed by atoms with Crippen molar-refractivity contribution < 1.29 is 27.5 Å². The van der Waals surface area contributed by atoms with Crippen molar-refractivity contribution in [2.75, 3.05) is 38.2 Å². The third-order valence-electron chi connectivity index (χ3n) is 5.93. The molecule has 1 amide bonds. The maximum Gasteiger partial charge on any atom is 0.310 e. The van der Waals surface area contributed by atoms with Gasteiger partial charge in [0.15, 0.2) is 6.61 Å². The number of aryl methyl sites for hydroxylation is 1. The lowest BCUT2D eigenvalue weighted by atomic mass is 9.94. The van der Waals surface area contributed by atoms with Gasteiger partial charge in [0.05, 0.1) is 24.8 Å². The van der Waals surface area contributed by atoms with Gasteiger partial charge in [0.25, 0.3) is 5.91 Å². The Morgan fingerprint density at radius 1 is 1.20 bits per heavy atom. The van der Waals surface area contributed by atoms with Gasteiger partial charge in [-0.1, -0.05) is 18.2 Å². The lowest BCUT2D eigenvalue weighted by Crippen LogP contribution is -2.41. The van der Waals surface area contributed by atoms with Crippen molar-refractivity contribution in [2.45, 2.75) is 24.7 Å². The Morgan fingerprint density at radius 2 is 1.97 bits per heavy atom. The van der Waals surface area contributed by atoms with Crippen LogP contribution in [0.15, 0.2) is 35.2 Å². The number of fused-ring (bicyclic) bond motifs is 2. The average Bonchev–Trinajstić information content (AvgIpc) is 3.37. The molecule has 1 saturated carbocycles. The summed E-state index contributed by atoms with van der Waals surface area (Å²) in [4.78, 5) is 24.8. The molecule has 0 radical (unpaired) electrons. The number of nitrogens with zero attached hydrogens (tertiary/aromatic N) is 1. The largest absolute Gasteiger partial charge is 0.455 e. The van der Waals surface area contributed by atoms with Crippen LogP contribution in [0.25, 0.3) is 0 Å². The number of anilines is 1. The first-order valence-corrected chi connectivity index (χ1v) is 11.6. The minimum absolute atomic E-state index is 0.0299. The maximum absolute atomic E-state index is 13.1. The van der Waals surface area contributed by atoms with Crippen molar-refractivity contribution in [3.63, 3.8) is 0 Å². The predicted molar refractivity (Wildman–Crippen MR) is 109 cm³/mol. The monoisotopic (exact) mass is 434 g/mol. The molecule has 1 aromatic carbocycles. The van der Waals surface area contributed by atoms with E-state index in [1.165, 1.54) is 10.4 Å². The minimum atomic E-state index is -3.79. The van der Waals surface area contributed by atoms with Crippen LogP contribution in [0.2, 0.25) is 0 Å². The second-order valence-corrected chi connectivity index (χ2v) is 9.97. The van der Waals surface area contributed by atoms with Crippen molar-refractivity contribution >= 4 is 27.6 Å². The van der Waals surface area contributed by atoms with E-state index in [0.717, 1.165) is 18.4 Å². The predicted octanol–water partition coefficient (Wildman–Crippen LogP) is 1.71. The molecule has 3 unspecified atom stereocenters. The molecule has 3 aliphatic rings. The van der Waals surface area contributed by atoms with Crippen LogP contribution in [0, 0.1) is 24.7 Å². The van der Waals surface area contributed by atoms with Gasteiger partial charge < -0.3 is 14.8 Å². The highest BCUT2D eigenvalue weighted by Gasteiger charge is 2.41. The Balaban J connectivity index is 1.42. The Kier molecular flexibility index (Phi) is 5.95. The number of hydrogen-bond donors (Lipinski definition) is 1. The molecule has 1 N–H and O–H groups in total. The summed E-state index contributed by atoms with van der Waals surface area (Å²) < 4.78 is 38.0. The van der Waals surface area contributed by atoms with Crippen LogP contribution < -0.4 is 5.32 Å². The van der Waals surface area contributed by atoms with Gasteiger partial charge in [-0.15, -0.1) is 0 Å². The van der Waals surface area contributed by atoms with E-state index in [2.05, 4.69) is 17.5 Å². The summed E-state index contributed by atoms with van der Waals surface area (Å²) in [6, 6.07) is 4.82. The summed E-state index contributed by atoms with van der Waals surface area (Å²) in [6.45, 7) is 2.54. The van der Waals surface area contributed by atoms with E-state index in [0.29, 0.717) is 19.1 Å². The van der Waals surface area contributed by atoms with Crippen LogP contribution in [0.1, 0.15) is 18.4 Å². The van der Waals surface area contributed by atoms with Gasteiger partial charge >= 0.3 is 5.97 Å². The van der Waals surface area contributed by atoms with Crippen molar-refractivity contribution in [3.8, 4) is 0 Å². The second-order valence-electron chi connectivity index (χ2n) is 8.06. The molecule has 9 heteroatoms. The Labute approximate surface area is 176 Å². The van der Waals surface area contributed by atoms with Crippen LogP contribution in [0.3, 0.4) is 0 Å². The second kappa shape index (κ2) is 8.49. The number of carbonyl (C=O) groups excluding carboxylic acids is 2. The fourth-order valence-electron chi connectivity index (χ4n) is 4.35. The smallest absolute Gasteiger partial charge is 0.310 e. The molecule has 1 aromatic rings. The number of morpholine rings is 1. The molecule has 0 aromatic heterocycles. The third-order valence-corrected chi connectivity index (χ3v) is 7.86. The molecule has 1 heterocycles. The Morgan fingerprint density at radius 3 is 2.63 bits per heavy atom. The van der Waals surface area contributed by atoms with Crippen molar-refractivity contribution in [1.29, 1.82) is 0 Å². The fraction of sp³-hybridized carbons (Fsp3) is 0.524. The Bertz CT molecular complexity index is 968. The zero-order valence-corrected chi connectivity index (χ0v) is 17.7. The number of amides is 1. The van der Waals surface area contributed by atoms with Gasteiger partial charge in [0.2, 0.25) is 10.0 Å². The molecule has 162 valence electrons. The number of esters is 1. The van der Waals surface area contributed by atoms with E-state index in [1.54, 1.807) is 19.1 Å². The summed E-state index contributed by atoms with van der Waals surface area (Å²) in [5.41, 5.74) is 0.937. The summed E-state index contributed by atoms with van der Waals surface area (Å²) in [6.07, 6.45) is 5.92. The number of nitrogens with one attached hydrogen (secondary N) is 1. The quantitative estimate of drug-likeness (QED) is 0.540. The molecular formula is C21H26N2O6S. The zero-order valence-electron chi connectivity index (χ0n) is 16.9. The summed E-state index contributed by atoms with van der Waals surface area (Å²) in [7, 11) is -3.79. The van der Waals surface area contributed by atoms with Gasteiger partial charge in [0.1, 0.15) is 4.90 Å². The number of hydrogen-bond acceptors (Lipinski definition) is 6. The molecule has 3 atom stereocenters. The molecule has 2 aliphatic carbocycles. The Hall–Kier alpha value is -2.23. The average molecular weight is 435 g/mol. The minimum Gasteiger partial charge on any atom is -0.455 e. The van der Waals surface area contributed by atoms with E-state index in [1.807, 2.05) is 0 Å². The van der Waals surface area contributed by atoms with Crippen molar-refractivity contribution in [1.82, 2.24) is 4.31 Å². The third kappa shape index (κ3) is 4.28. The van der Waals surface area contributed by atoms with Crippen LogP contribution in [0.4, 0.5) is 5.69 Å². The normalized spacial score (nSPS) is 26.0. The molecule has 2 bridgehead atoms. The highest BCUT2D eigenvalue weighted by atomic mass is 32.2. The number of carbonyl (C=O) groups is 2. The zero-order chi connectivity index (χ0) is 21.3. The van der Waals surface area contributed by atoms with Crippen molar-refractivity contribution in [2.24, 2.45) is 17.8 Å². The SMILES string of the molecule is Cc1ccc(NC(=O)COC(=O)C2CC3C=CC2C3)c(S(=O)(=O)N2CCOCC2)c1. The van der Waals surface area contributed by atoms with Gasteiger partial charge in [-0.05, 0) is 49.3 Å². The molecule has 0 spiro atoms. The van der Waals surface area contributed by atoms with Gasteiger partial charge in [-0.25, -0.2) is 8.42 Å². The van der Waals surface area contributed by atoms with Crippen molar-refractivity contribution in [3.05, 3.63) is 35.9 Å². The van der Waals surface area contributed by atoms with E-state index in [4.69, 9.17) is 9.47 Å².